The van der Waals surface area contributed by atoms with Crippen molar-refractivity contribution in [2.45, 2.75) is 11.4 Å². The molecule has 2 rings (SSSR count). The predicted octanol–water partition coefficient (Wildman–Crippen LogP) is 0.905. The summed E-state index contributed by atoms with van der Waals surface area (Å²) in [5.41, 5.74) is 0. The smallest absolute Gasteiger partial charge is 0.244 e. The Morgan fingerprint density at radius 2 is 2.10 bits per heavy atom. The fourth-order valence-electron chi connectivity index (χ4n) is 1.63. The van der Waals surface area contributed by atoms with Crippen molar-refractivity contribution in [3.63, 3.8) is 0 Å². The highest BCUT2D eigenvalue weighted by Crippen LogP contribution is 2.28. The zero-order valence-electron chi connectivity index (χ0n) is 11.1. The third-order valence-electron chi connectivity index (χ3n) is 2.64. The Morgan fingerprint density at radius 1 is 1.30 bits per heavy atom. The van der Waals surface area contributed by atoms with E-state index in [0.29, 0.717) is 11.6 Å². The van der Waals surface area contributed by atoms with Crippen LogP contribution >= 0.6 is 0 Å². The lowest BCUT2D eigenvalue weighted by atomic mass is 10.3. The molecule has 1 aromatic heterocycles. The summed E-state index contributed by atoms with van der Waals surface area (Å²) in [6, 6.07) is 4.51. The second-order valence-corrected chi connectivity index (χ2v) is 5.61. The number of aromatic amines is 1. The monoisotopic (exact) mass is 297 g/mol. The molecule has 8 heteroatoms. The van der Waals surface area contributed by atoms with Crippen molar-refractivity contribution in [2.24, 2.45) is 0 Å². The molecule has 7 nitrogen and oxygen atoms in total. The molecule has 0 unspecified atom stereocenters. The Labute approximate surface area is 117 Å². The van der Waals surface area contributed by atoms with E-state index in [2.05, 4.69) is 14.7 Å². The minimum atomic E-state index is -3.69. The molecule has 0 aliphatic heterocycles. The van der Waals surface area contributed by atoms with E-state index in [1.54, 1.807) is 18.5 Å². The Hall–Kier alpha value is -2.06. The van der Waals surface area contributed by atoms with Gasteiger partial charge in [0.1, 0.15) is 22.2 Å². The second kappa shape index (κ2) is 5.93. The highest BCUT2D eigenvalue weighted by molar-refractivity contribution is 7.89. The van der Waals surface area contributed by atoms with E-state index in [1.807, 2.05) is 0 Å². The van der Waals surface area contributed by atoms with Gasteiger partial charge in [0.25, 0.3) is 0 Å². The van der Waals surface area contributed by atoms with E-state index >= 15 is 0 Å². The first kappa shape index (κ1) is 14.4. The third-order valence-corrected chi connectivity index (χ3v) is 4.09. The number of ether oxygens (including phenoxy) is 2. The SMILES string of the molecule is COc1ccc(S(=O)(=O)NCc2ncc[nH]2)c(OC)c1. The van der Waals surface area contributed by atoms with Gasteiger partial charge >= 0.3 is 0 Å². The van der Waals surface area contributed by atoms with Gasteiger partial charge in [-0.05, 0) is 12.1 Å². The number of methoxy groups -OCH3 is 2. The van der Waals surface area contributed by atoms with E-state index in [0.717, 1.165) is 0 Å². The van der Waals surface area contributed by atoms with Crippen LogP contribution in [-0.2, 0) is 16.6 Å². The number of nitrogens with zero attached hydrogens (tertiary/aromatic N) is 1. The molecule has 2 N–H and O–H groups in total. The maximum absolute atomic E-state index is 12.2. The average molecular weight is 297 g/mol. The zero-order chi connectivity index (χ0) is 14.6. The van der Waals surface area contributed by atoms with Crippen LogP contribution in [0.4, 0.5) is 0 Å². The minimum Gasteiger partial charge on any atom is -0.497 e. The van der Waals surface area contributed by atoms with Crippen LogP contribution in [0.15, 0.2) is 35.5 Å². The summed E-state index contributed by atoms with van der Waals surface area (Å²) in [6.45, 7) is 0.0739. The van der Waals surface area contributed by atoms with Gasteiger partial charge in [0.15, 0.2) is 0 Å². The average Bonchev–Trinajstić information content (AvgIpc) is 2.97. The molecular weight excluding hydrogens is 282 g/mol. The summed E-state index contributed by atoms with van der Waals surface area (Å²) >= 11 is 0. The van der Waals surface area contributed by atoms with E-state index in [1.165, 1.54) is 26.4 Å². The number of aromatic nitrogens is 2. The van der Waals surface area contributed by atoms with Crippen LogP contribution in [0.1, 0.15) is 5.82 Å². The molecule has 0 aliphatic rings. The van der Waals surface area contributed by atoms with Gasteiger partial charge in [0, 0.05) is 18.5 Å². The van der Waals surface area contributed by atoms with Crippen molar-refractivity contribution in [3.8, 4) is 11.5 Å². The largest absolute Gasteiger partial charge is 0.497 e. The first-order valence-electron chi connectivity index (χ1n) is 5.77. The standard InChI is InChI=1S/C12H15N3O4S/c1-18-9-3-4-11(10(7-9)19-2)20(16,17)15-8-12-13-5-6-14-12/h3-7,15H,8H2,1-2H3,(H,13,14). The molecule has 0 fully saturated rings. The fourth-order valence-corrected chi connectivity index (χ4v) is 2.77. The summed E-state index contributed by atoms with van der Waals surface area (Å²) in [4.78, 5) is 6.82. The predicted molar refractivity (Wildman–Crippen MR) is 72.2 cm³/mol. The van der Waals surface area contributed by atoms with Gasteiger partial charge in [0.2, 0.25) is 10.0 Å². The molecule has 0 atom stereocenters. The Morgan fingerprint density at radius 3 is 2.70 bits per heavy atom. The van der Waals surface area contributed by atoms with Gasteiger partial charge in [-0.3, -0.25) is 0 Å². The molecule has 0 spiro atoms. The van der Waals surface area contributed by atoms with Crippen molar-refractivity contribution in [1.29, 1.82) is 0 Å². The van der Waals surface area contributed by atoms with Crippen molar-refractivity contribution < 1.29 is 17.9 Å². The molecule has 20 heavy (non-hydrogen) atoms. The summed E-state index contributed by atoms with van der Waals surface area (Å²) in [6.07, 6.45) is 3.18. The maximum Gasteiger partial charge on any atom is 0.244 e. The lowest BCUT2D eigenvalue weighted by Gasteiger charge is -2.11. The van der Waals surface area contributed by atoms with E-state index < -0.39 is 10.0 Å². The molecule has 0 saturated carbocycles. The van der Waals surface area contributed by atoms with Gasteiger partial charge in [-0.25, -0.2) is 18.1 Å². The number of hydrogen-bond acceptors (Lipinski definition) is 5. The third kappa shape index (κ3) is 3.09. The molecule has 1 heterocycles. The summed E-state index contributed by atoms with van der Waals surface area (Å²) < 4.78 is 37.0. The van der Waals surface area contributed by atoms with Crippen LogP contribution in [-0.4, -0.2) is 32.6 Å². The number of benzene rings is 1. The molecule has 0 bridgehead atoms. The highest BCUT2D eigenvalue weighted by Gasteiger charge is 2.20. The number of sulfonamides is 1. The van der Waals surface area contributed by atoms with Crippen molar-refractivity contribution >= 4 is 10.0 Å². The molecular formula is C12H15N3O4S. The topological polar surface area (TPSA) is 93.3 Å². The molecule has 2 aromatic rings. The van der Waals surface area contributed by atoms with Gasteiger partial charge in [0.05, 0.1) is 20.8 Å². The molecule has 1 aromatic carbocycles. The van der Waals surface area contributed by atoms with E-state index in [4.69, 9.17) is 9.47 Å². The van der Waals surface area contributed by atoms with Crippen molar-refractivity contribution in [2.75, 3.05) is 14.2 Å². The number of hydrogen-bond donors (Lipinski definition) is 2. The van der Waals surface area contributed by atoms with Crippen LogP contribution < -0.4 is 14.2 Å². The van der Waals surface area contributed by atoms with Crippen molar-refractivity contribution in [1.82, 2.24) is 14.7 Å². The lowest BCUT2D eigenvalue weighted by molar-refractivity contribution is 0.386. The molecule has 0 saturated heterocycles. The number of H-pyrrole nitrogens is 1. The normalized spacial score (nSPS) is 11.3. The van der Waals surface area contributed by atoms with Crippen LogP contribution in [0.5, 0.6) is 11.5 Å². The minimum absolute atomic E-state index is 0.0485. The summed E-state index contributed by atoms with van der Waals surface area (Å²) in [5, 5.41) is 0. The van der Waals surface area contributed by atoms with Gasteiger partial charge in [-0.2, -0.15) is 0 Å². The highest BCUT2D eigenvalue weighted by atomic mass is 32.2. The molecule has 0 aliphatic carbocycles. The first-order valence-corrected chi connectivity index (χ1v) is 7.25. The van der Waals surface area contributed by atoms with Crippen molar-refractivity contribution in [3.05, 3.63) is 36.4 Å². The summed E-state index contributed by atoms with van der Waals surface area (Å²) in [5.74, 6) is 1.27. The van der Waals surface area contributed by atoms with Crippen LogP contribution in [0, 0.1) is 0 Å². The van der Waals surface area contributed by atoms with E-state index in [-0.39, 0.29) is 17.2 Å². The second-order valence-electron chi connectivity index (χ2n) is 3.88. The van der Waals surface area contributed by atoms with Gasteiger partial charge in [-0.1, -0.05) is 0 Å². The molecule has 0 radical (unpaired) electrons. The van der Waals surface area contributed by atoms with Crippen LogP contribution in [0.3, 0.4) is 0 Å². The van der Waals surface area contributed by atoms with E-state index in [9.17, 15) is 8.42 Å². The number of rotatable bonds is 6. The summed E-state index contributed by atoms with van der Waals surface area (Å²) in [7, 11) is -0.793. The Balaban J connectivity index is 2.24. The Bertz CT molecular complexity index is 668. The number of imidazole rings is 1. The fraction of sp³-hybridized carbons (Fsp3) is 0.250. The van der Waals surface area contributed by atoms with Gasteiger partial charge in [-0.15, -0.1) is 0 Å². The zero-order valence-corrected chi connectivity index (χ0v) is 11.9. The number of nitrogens with one attached hydrogen (secondary N) is 2. The first-order chi connectivity index (χ1) is 9.56. The lowest BCUT2D eigenvalue weighted by Crippen LogP contribution is -2.24. The van der Waals surface area contributed by atoms with Crippen LogP contribution in [0.2, 0.25) is 0 Å². The quantitative estimate of drug-likeness (QED) is 0.826. The molecule has 108 valence electrons. The van der Waals surface area contributed by atoms with Gasteiger partial charge < -0.3 is 14.5 Å². The maximum atomic E-state index is 12.2. The Kier molecular flexibility index (Phi) is 4.26. The van der Waals surface area contributed by atoms with Crippen LogP contribution in [0.25, 0.3) is 0 Å². The molecule has 0 amide bonds.